The second kappa shape index (κ2) is 7.42. The fourth-order valence-electron chi connectivity index (χ4n) is 3.12. The van der Waals surface area contributed by atoms with Crippen molar-refractivity contribution in [2.24, 2.45) is 0 Å². The molecule has 1 aliphatic rings. The Kier molecular flexibility index (Phi) is 5.41. The summed E-state index contributed by atoms with van der Waals surface area (Å²) >= 11 is 1.65. The van der Waals surface area contributed by atoms with Crippen LogP contribution in [0.2, 0.25) is 0 Å². The molecule has 7 heteroatoms. The molecule has 2 aromatic carbocycles. The Hall–Kier alpha value is -1.83. The molecule has 0 aromatic heterocycles. The predicted octanol–water partition coefficient (Wildman–Crippen LogP) is 3.14. The molecule has 0 saturated carbocycles. The molecule has 5 nitrogen and oxygen atoms in total. The van der Waals surface area contributed by atoms with Crippen LogP contribution in [0.4, 0.5) is 5.69 Å². The van der Waals surface area contributed by atoms with Crippen LogP contribution in [0, 0.1) is 0 Å². The lowest BCUT2D eigenvalue weighted by atomic mass is 10.2. The SMILES string of the molecule is CSc1ccc(CN(C)S(=O)(=O)c2ccc3c(c2)CCN3C(C)=O)cc1. The maximum atomic E-state index is 12.9. The van der Waals surface area contributed by atoms with Crippen LogP contribution >= 0.6 is 11.8 Å². The van der Waals surface area contributed by atoms with Crippen LogP contribution in [0.5, 0.6) is 0 Å². The Bertz CT molecular complexity index is 924. The first-order valence-electron chi connectivity index (χ1n) is 8.33. The normalized spacial score (nSPS) is 13.9. The van der Waals surface area contributed by atoms with Gasteiger partial charge in [0.15, 0.2) is 0 Å². The van der Waals surface area contributed by atoms with Crippen molar-refractivity contribution in [3.8, 4) is 0 Å². The highest BCUT2D eigenvalue weighted by Crippen LogP contribution is 2.31. The molecular weight excluding hydrogens is 368 g/mol. The maximum absolute atomic E-state index is 12.9. The molecule has 1 aliphatic heterocycles. The summed E-state index contributed by atoms with van der Waals surface area (Å²) in [4.78, 5) is 14.7. The van der Waals surface area contributed by atoms with Crippen molar-refractivity contribution >= 4 is 33.4 Å². The minimum absolute atomic E-state index is 0.0230. The average Bonchev–Trinajstić information content (AvgIpc) is 3.05. The first kappa shape index (κ1) is 18.9. The van der Waals surface area contributed by atoms with E-state index in [9.17, 15) is 13.2 Å². The number of carbonyl (C=O) groups excluding carboxylic acids is 1. The zero-order chi connectivity index (χ0) is 18.9. The van der Waals surface area contributed by atoms with Gasteiger partial charge in [-0.3, -0.25) is 4.79 Å². The number of rotatable bonds is 5. The summed E-state index contributed by atoms with van der Waals surface area (Å²) in [7, 11) is -2.00. The molecule has 0 unspecified atom stereocenters. The summed E-state index contributed by atoms with van der Waals surface area (Å²) in [6, 6.07) is 12.9. The van der Waals surface area contributed by atoms with Crippen LogP contribution in [0.3, 0.4) is 0 Å². The molecule has 0 N–H and O–H groups in total. The first-order chi connectivity index (χ1) is 12.3. The van der Waals surface area contributed by atoms with Gasteiger partial charge in [-0.25, -0.2) is 8.42 Å². The van der Waals surface area contributed by atoms with Gasteiger partial charge >= 0.3 is 0 Å². The quantitative estimate of drug-likeness (QED) is 0.736. The molecule has 0 fully saturated rings. The number of carbonyl (C=O) groups is 1. The lowest BCUT2D eigenvalue weighted by Gasteiger charge is -2.19. The highest BCUT2D eigenvalue weighted by Gasteiger charge is 2.26. The van der Waals surface area contributed by atoms with Crippen LogP contribution in [-0.2, 0) is 27.8 Å². The van der Waals surface area contributed by atoms with Gasteiger partial charge in [0, 0.05) is 37.6 Å². The molecule has 2 aromatic rings. The maximum Gasteiger partial charge on any atom is 0.243 e. The van der Waals surface area contributed by atoms with Gasteiger partial charge in [0.1, 0.15) is 0 Å². The lowest BCUT2D eigenvalue weighted by molar-refractivity contribution is -0.116. The number of amides is 1. The molecule has 138 valence electrons. The van der Waals surface area contributed by atoms with E-state index in [1.165, 1.54) is 11.2 Å². The van der Waals surface area contributed by atoms with E-state index in [4.69, 9.17) is 0 Å². The minimum Gasteiger partial charge on any atom is -0.312 e. The zero-order valence-corrected chi connectivity index (χ0v) is 16.7. The number of hydrogen-bond acceptors (Lipinski definition) is 4. The third kappa shape index (κ3) is 3.65. The van der Waals surface area contributed by atoms with Crippen LogP contribution < -0.4 is 4.90 Å². The topological polar surface area (TPSA) is 57.7 Å². The summed E-state index contributed by atoms with van der Waals surface area (Å²) < 4.78 is 27.2. The summed E-state index contributed by atoms with van der Waals surface area (Å²) in [5, 5.41) is 0. The number of benzene rings is 2. The standard InChI is InChI=1S/C19H22N2O3S2/c1-14(22)21-11-10-16-12-18(8-9-19(16)21)26(23,24)20(2)13-15-4-6-17(25-3)7-5-15/h4-9,12H,10-11,13H2,1-3H3. The van der Waals surface area contributed by atoms with E-state index in [1.807, 2.05) is 30.5 Å². The molecular formula is C19H22N2O3S2. The Balaban J connectivity index is 1.82. The van der Waals surface area contributed by atoms with Gasteiger partial charge in [0.2, 0.25) is 15.9 Å². The average molecular weight is 391 g/mol. The second-order valence-corrected chi connectivity index (χ2v) is 9.24. The number of nitrogens with zero attached hydrogens (tertiary/aromatic N) is 2. The van der Waals surface area contributed by atoms with E-state index in [-0.39, 0.29) is 10.8 Å². The Morgan fingerprint density at radius 1 is 1.19 bits per heavy atom. The molecule has 0 atom stereocenters. The van der Waals surface area contributed by atoms with Crippen LogP contribution in [0.1, 0.15) is 18.1 Å². The van der Waals surface area contributed by atoms with Gasteiger partial charge in [-0.2, -0.15) is 4.31 Å². The molecule has 26 heavy (non-hydrogen) atoms. The van der Waals surface area contributed by atoms with Crippen molar-refractivity contribution < 1.29 is 13.2 Å². The van der Waals surface area contributed by atoms with Crippen molar-refractivity contribution in [3.63, 3.8) is 0 Å². The summed E-state index contributed by atoms with van der Waals surface area (Å²) in [5.74, 6) is -0.0230. The van der Waals surface area contributed by atoms with Crippen molar-refractivity contribution in [1.82, 2.24) is 4.31 Å². The van der Waals surface area contributed by atoms with Crippen molar-refractivity contribution in [2.75, 3.05) is 24.7 Å². The van der Waals surface area contributed by atoms with E-state index < -0.39 is 10.0 Å². The van der Waals surface area contributed by atoms with Gasteiger partial charge in [-0.15, -0.1) is 11.8 Å². The zero-order valence-electron chi connectivity index (χ0n) is 15.1. The molecule has 0 bridgehead atoms. The monoisotopic (exact) mass is 390 g/mol. The van der Waals surface area contributed by atoms with E-state index >= 15 is 0 Å². The highest BCUT2D eigenvalue weighted by atomic mass is 32.2. The molecule has 1 heterocycles. The number of thioether (sulfide) groups is 1. The van der Waals surface area contributed by atoms with E-state index in [0.717, 1.165) is 21.7 Å². The fourth-order valence-corrected chi connectivity index (χ4v) is 4.74. The smallest absolute Gasteiger partial charge is 0.243 e. The van der Waals surface area contributed by atoms with Crippen LogP contribution in [0.15, 0.2) is 52.3 Å². The summed E-state index contributed by atoms with van der Waals surface area (Å²) in [6.07, 6.45) is 2.69. The van der Waals surface area contributed by atoms with Gasteiger partial charge in [0.25, 0.3) is 0 Å². The molecule has 0 aliphatic carbocycles. The number of hydrogen-bond donors (Lipinski definition) is 0. The first-order valence-corrected chi connectivity index (χ1v) is 11.0. The second-order valence-electron chi connectivity index (χ2n) is 6.32. The predicted molar refractivity (Wildman–Crippen MR) is 105 cm³/mol. The van der Waals surface area contributed by atoms with Gasteiger partial charge in [-0.05, 0) is 54.1 Å². The molecule has 0 spiro atoms. The molecule has 3 rings (SSSR count). The Morgan fingerprint density at radius 3 is 2.50 bits per heavy atom. The third-order valence-electron chi connectivity index (χ3n) is 4.60. The minimum atomic E-state index is -3.59. The van der Waals surface area contributed by atoms with E-state index in [0.29, 0.717) is 19.5 Å². The summed E-state index contributed by atoms with van der Waals surface area (Å²) in [5.41, 5.74) is 2.66. The fraction of sp³-hybridized carbons (Fsp3) is 0.316. The van der Waals surface area contributed by atoms with Gasteiger partial charge in [0.05, 0.1) is 4.90 Å². The Morgan fingerprint density at radius 2 is 1.88 bits per heavy atom. The molecule has 0 radical (unpaired) electrons. The van der Waals surface area contributed by atoms with Crippen molar-refractivity contribution in [2.45, 2.75) is 29.7 Å². The van der Waals surface area contributed by atoms with Crippen molar-refractivity contribution in [1.29, 1.82) is 0 Å². The third-order valence-corrected chi connectivity index (χ3v) is 7.14. The number of anilines is 1. The van der Waals surface area contributed by atoms with Crippen LogP contribution in [0.25, 0.3) is 0 Å². The van der Waals surface area contributed by atoms with E-state index in [2.05, 4.69) is 0 Å². The largest absolute Gasteiger partial charge is 0.312 e. The number of fused-ring (bicyclic) bond motifs is 1. The van der Waals surface area contributed by atoms with Gasteiger partial charge in [-0.1, -0.05) is 12.1 Å². The lowest BCUT2D eigenvalue weighted by Crippen LogP contribution is -2.27. The van der Waals surface area contributed by atoms with Crippen LogP contribution in [-0.4, -0.2) is 38.5 Å². The van der Waals surface area contributed by atoms with Gasteiger partial charge < -0.3 is 4.90 Å². The molecule has 1 amide bonds. The highest BCUT2D eigenvalue weighted by molar-refractivity contribution is 7.98. The summed E-state index contributed by atoms with van der Waals surface area (Å²) in [6.45, 7) is 2.44. The van der Waals surface area contributed by atoms with E-state index in [1.54, 1.807) is 41.9 Å². The molecule has 0 saturated heterocycles. The number of sulfonamides is 1. The van der Waals surface area contributed by atoms with Crippen molar-refractivity contribution in [3.05, 3.63) is 53.6 Å². The Labute approximate surface area is 159 Å².